The van der Waals surface area contributed by atoms with E-state index < -0.39 is 0 Å². The monoisotopic (exact) mass is 278 g/mol. The summed E-state index contributed by atoms with van der Waals surface area (Å²) < 4.78 is 5.66. The van der Waals surface area contributed by atoms with Gasteiger partial charge in [0, 0.05) is 38.4 Å². The lowest BCUT2D eigenvalue weighted by Crippen LogP contribution is -2.47. The van der Waals surface area contributed by atoms with Crippen LogP contribution in [0, 0.1) is 0 Å². The molecule has 2 heterocycles. The first-order valence-electron chi connectivity index (χ1n) is 6.99. The summed E-state index contributed by atoms with van der Waals surface area (Å²) in [6.07, 6.45) is 1.69. The van der Waals surface area contributed by atoms with Crippen LogP contribution in [-0.4, -0.2) is 61.7 Å². The maximum Gasteiger partial charge on any atom is 0.251 e. The Hall–Kier alpha value is -1.66. The highest BCUT2D eigenvalue weighted by Crippen LogP contribution is 2.07. The molecule has 0 aliphatic carbocycles. The van der Waals surface area contributed by atoms with Crippen molar-refractivity contribution in [2.75, 3.05) is 45.2 Å². The number of morpholine rings is 1. The van der Waals surface area contributed by atoms with Crippen LogP contribution >= 0.6 is 0 Å². The van der Waals surface area contributed by atoms with Crippen molar-refractivity contribution in [2.45, 2.75) is 13.0 Å². The first-order valence-corrected chi connectivity index (χ1v) is 6.99. The van der Waals surface area contributed by atoms with Crippen LogP contribution in [0.2, 0.25) is 0 Å². The minimum atomic E-state index is -0.0962. The number of anilines is 1. The van der Waals surface area contributed by atoms with Gasteiger partial charge in [-0.1, -0.05) is 6.92 Å². The Morgan fingerprint density at radius 2 is 2.45 bits per heavy atom. The topological polar surface area (TPSA) is 66.5 Å². The molecular formula is C14H22N4O2. The number of aromatic nitrogens is 1. The molecule has 1 fully saturated rings. The molecular weight excluding hydrogens is 256 g/mol. The number of ether oxygens (including phenoxy) is 1. The van der Waals surface area contributed by atoms with Crippen LogP contribution in [0.5, 0.6) is 0 Å². The molecule has 2 N–H and O–H groups in total. The number of likely N-dealkylation sites (N-methyl/N-ethyl adjacent to an activating group) is 1. The highest BCUT2D eigenvalue weighted by molar-refractivity contribution is 5.94. The predicted octanol–water partition coefficient (Wildman–Crippen LogP) is 0.574. The molecule has 20 heavy (non-hydrogen) atoms. The van der Waals surface area contributed by atoms with Crippen molar-refractivity contribution in [3.8, 4) is 0 Å². The fraction of sp³-hybridized carbons (Fsp3) is 0.571. The summed E-state index contributed by atoms with van der Waals surface area (Å²) in [4.78, 5) is 18.5. The van der Waals surface area contributed by atoms with Gasteiger partial charge < -0.3 is 15.4 Å². The Labute approximate surface area is 119 Å². The zero-order valence-corrected chi connectivity index (χ0v) is 12.1. The first kappa shape index (κ1) is 14.7. The smallest absolute Gasteiger partial charge is 0.251 e. The minimum Gasteiger partial charge on any atom is -0.374 e. The Balaban J connectivity index is 1.85. The summed E-state index contributed by atoms with van der Waals surface area (Å²) in [5, 5.41) is 5.84. The molecule has 1 aromatic heterocycles. The predicted molar refractivity (Wildman–Crippen MR) is 78.0 cm³/mol. The van der Waals surface area contributed by atoms with Crippen LogP contribution in [0.4, 0.5) is 5.82 Å². The van der Waals surface area contributed by atoms with Gasteiger partial charge in [-0.15, -0.1) is 0 Å². The number of carbonyl (C=O) groups excluding carboxylic acids is 1. The number of amides is 1. The van der Waals surface area contributed by atoms with Crippen molar-refractivity contribution >= 4 is 11.7 Å². The maximum absolute atomic E-state index is 12.1. The van der Waals surface area contributed by atoms with E-state index in [4.69, 9.17) is 4.74 Å². The van der Waals surface area contributed by atoms with Gasteiger partial charge in [0.15, 0.2) is 0 Å². The number of pyridine rings is 1. The minimum absolute atomic E-state index is 0.0678. The largest absolute Gasteiger partial charge is 0.374 e. The van der Waals surface area contributed by atoms with Crippen molar-refractivity contribution in [2.24, 2.45) is 0 Å². The van der Waals surface area contributed by atoms with E-state index in [1.54, 1.807) is 25.4 Å². The summed E-state index contributed by atoms with van der Waals surface area (Å²) in [6, 6.07) is 3.44. The molecule has 1 amide bonds. The zero-order chi connectivity index (χ0) is 14.4. The molecule has 0 aromatic carbocycles. The number of hydrogen-bond acceptors (Lipinski definition) is 5. The molecule has 0 spiro atoms. The van der Waals surface area contributed by atoms with E-state index in [9.17, 15) is 4.79 Å². The quantitative estimate of drug-likeness (QED) is 0.824. The molecule has 110 valence electrons. The van der Waals surface area contributed by atoms with E-state index in [-0.39, 0.29) is 12.0 Å². The second kappa shape index (κ2) is 7.21. The average molecular weight is 278 g/mol. The zero-order valence-electron chi connectivity index (χ0n) is 12.1. The highest BCUT2D eigenvalue weighted by atomic mass is 16.5. The summed E-state index contributed by atoms with van der Waals surface area (Å²) in [6.45, 7) is 6.26. The highest BCUT2D eigenvalue weighted by Gasteiger charge is 2.19. The van der Waals surface area contributed by atoms with Gasteiger partial charge in [0.25, 0.3) is 5.91 Å². The van der Waals surface area contributed by atoms with E-state index in [1.165, 1.54) is 0 Å². The van der Waals surface area contributed by atoms with Crippen LogP contribution < -0.4 is 10.6 Å². The molecule has 6 nitrogen and oxygen atoms in total. The van der Waals surface area contributed by atoms with E-state index in [0.29, 0.717) is 17.9 Å². The van der Waals surface area contributed by atoms with E-state index in [2.05, 4.69) is 27.4 Å². The maximum atomic E-state index is 12.1. The van der Waals surface area contributed by atoms with Crippen molar-refractivity contribution in [3.63, 3.8) is 0 Å². The van der Waals surface area contributed by atoms with Gasteiger partial charge in [0.2, 0.25) is 0 Å². The molecule has 6 heteroatoms. The third-order valence-electron chi connectivity index (χ3n) is 3.44. The Morgan fingerprint density at radius 3 is 3.20 bits per heavy atom. The second-order valence-corrected chi connectivity index (χ2v) is 4.78. The summed E-state index contributed by atoms with van der Waals surface area (Å²) in [5.41, 5.74) is 0.604. The molecule has 1 saturated heterocycles. The van der Waals surface area contributed by atoms with Crippen molar-refractivity contribution < 1.29 is 9.53 Å². The van der Waals surface area contributed by atoms with Crippen molar-refractivity contribution in [3.05, 3.63) is 23.9 Å². The van der Waals surface area contributed by atoms with E-state index in [0.717, 1.165) is 26.2 Å². The molecule has 1 aliphatic heterocycles. The lowest BCUT2D eigenvalue weighted by Gasteiger charge is -2.32. The molecule has 1 aromatic rings. The number of hydrogen-bond donors (Lipinski definition) is 2. The van der Waals surface area contributed by atoms with Gasteiger partial charge >= 0.3 is 0 Å². The normalized spacial score (nSPS) is 19.6. The number of rotatable bonds is 5. The lowest BCUT2D eigenvalue weighted by molar-refractivity contribution is -0.0246. The Morgan fingerprint density at radius 1 is 1.60 bits per heavy atom. The summed E-state index contributed by atoms with van der Waals surface area (Å²) >= 11 is 0. The summed E-state index contributed by atoms with van der Waals surface area (Å²) in [5.74, 6) is 0.588. The second-order valence-electron chi connectivity index (χ2n) is 4.78. The third-order valence-corrected chi connectivity index (χ3v) is 3.44. The summed E-state index contributed by atoms with van der Waals surface area (Å²) in [7, 11) is 1.78. The van der Waals surface area contributed by atoms with Crippen molar-refractivity contribution in [1.82, 2.24) is 15.2 Å². The van der Waals surface area contributed by atoms with Gasteiger partial charge in [0.05, 0.1) is 12.7 Å². The first-order chi connectivity index (χ1) is 9.72. The molecule has 1 atom stereocenters. The van der Waals surface area contributed by atoms with Crippen LogP contribution in [-0.2, 0) is 4.74 Å². The Bertz CT molecular complexity index is 453. The average Bonchev–Trinajstić information content (AvgIpc) is 2.52. The van der Waals surface area contributed by atoms with Gasteiger partial charge in [0.1, 0.15) is 5.82 Å². The van der Waals surface area contributed by atoms with Gasteiger partial charge in [-0.05, 0) is 18.7 Å². The van der Waals surface area contributed by atoms with Gasteiger partial charge in [-0.2, -0.15) is 0 Å². The molecule has 2 rings (SSSR count). The van der Waals surface area contributed by atoms with Crippen LogP contribution in [0.15, 0.2) is 18.3 Å². The van der Waals surface area contributed by atoms with Crippen LogP contribution in [0.3, 0.4) is 0 Å². The molecule has 1 unspecified atom stereocenters. The lowest BCUT2D eigenvalue weighted by atomic mass is 10.2. The van der Waals surface area contributed by atoms with E-state index in [1.807, 2.05) is 0 Å². The molecule has 0 bridgehead atoms. The fourth-order valence-corrected chi connectivity index (χ4v) is 2.21. The van der Waals surface area contributed by atoms with Gasteiger partial charge in [-0.25, -0.2) is 4.98 Å². The molecule has 0 radical (unpaired) electrons. The van der Waals surface area contributed by atoms with E-state index >= 15 is 0 Å². The van der Waals surface area contributed by atoms with Gasteiger partial charge in [-0.3, -0.25) is 9.69 Å². The standard InChI is InChI=1S/C14H22N4O2/c1-3-18-6-7-20-12(10-18)9-17-14(19)11-4-5-16-13(8-11)15-2/h4-5,8,12H,3,6-7,9-10H2,1-2H3,(H,15,16)(H,17,19). The van der Waals surface area contributed by atoms with Crippen molar-refractivity contribution in [1.29, 1.82) is 0 Å². The number of carbonyl (C=O) groups is 1. The molecule has 0 saturated carbocycles. The molecule has 1 aliphatic rings. The number of nitrogens with one attached hydrogen (secondary N) is 2. The fourth-order valence-electron chi connectivity index (χ4n) is 2.21. The number of nitrogens with zero attached hydrogens (tertiary/aromatic N) is 2. The third kappa shape index (κ3) is 3.91. The van der Waals surface area contributed by atoms with Crippen LogP contribution in [0.25, 0.3) is 0 Å². The Kier molecular flexibility index (Phi) is 5.31. The SMILES string of the molecule is CCN1CCOC(CNC(=O)c2ccnc(NC)c2)C1. The van der Waals surface area contributed by atoms with Crippen LogP contribution in [0.1, 0.15) is 17.3 Å².